The van der Waals surface area contributed by atoms with Crippen LogP contribution in [0.3, 0.4) is 0 Å². The van der Waals surface area contributed by atoms with Gasteiger partial charge in [-0.15, -0.1) is 5.10 Å². The summed E-state index contributed by atoms with van der Waals surface area (Å²) in [5.74, 6) is 0.540. The predicted octanol–water partition coefficient (Wildman–Crippen LogP) is 0.921. The minimum Gasteiger partial charge on any atom is -0.357 e. The van der Waals surface area contributed by atoms with Crippen molar-refractivity contribution in [1.29, 1.82) is 0 Å². The van der Waals surface area contributed by atoms with Crippen LogP contribution in [0.5, 0.6) is 0 Å². The van der Waals surface area contributed by atoms with E-state index in [1.165, 1.54) is 4.68 Å². The van der Waals surface area contributed by atoms with Crippen molar-refractivity contribution in [2.45, 2.75) is 6.92 Å². The molecule has 1 N–H and O–H groups in total. The molecule has 2 aromatic rings. The largest absolute Gasteiger partial charge is 0.357 e. The van der Waals surface area contributed by atoms with E-state index in [2.05, 4.69) is 10.4 Å². The molecule has 1 aromatic heterocycles. The van der Waals surface area contributed by atoms with Gasteiger partial charge < -0.3 is 5.32 Å². The van der Waals surface area contributed by atoms with Crippen molar-refractivity contribution in [2.75, 3.05) is 12.4 Å². The molecule has 2 rings (SSSR count). The fourth-order valence-corrected chi connectivity index (χ4v) is 1.63. The van der Waals surface area contributed by atoms with Crippen molar-refractivity contribution in [3.05, 3.63) is 40.3 Å². The van der Waals surface area contributed by atoms with Crippen LogP contribution in [0, 0.1) is 6.92 Å². The normalized spacial score (nSPS) is 10.4. The van der Waals surface area contributed by atoms with Crippen molar-refractivity contribution in [3.8, 4) is 5.69 Å². The molecule has 0 atom stereocenters. The zero-order valence-electron chi connectivity index (χ0n) is 9.56. The number of hydrogen-bond donors (Lipinski definition) is 1. The van der Waals surface area contributed by atoms with E-state index >= 15 is 0 Å². The van der Waals surface area contributed by atoms with E-state index in [1.807, 2.05) is 31.2 Å². The summed E-state index contributed by atoms with van der Waals surface area (Å²) < 4.78 is 2.86. The Morgan fingerprint density at radius 3 is 2.75 bits per heavy atom. The lowest BCUT2D eigenvalue weighted by Crippen LogP contribution is -2.21. The predicted molar refractivity (Wildman–Crippen MR) is 63.1 cm³/mol. The highest BCUT2D eigenvalue weighted by molar-refractivity contribution is 5.42. The maximum absolute atomic E-state index is 11.9. The second kappa shape index (κ2) is 3.84. The van der Waals surface area contributed by atoms with E-state index in [0.29, 0.717) is 5.95 Å². The van der Waals surface area contributed by atoms with Gasteiger partial charge in [-0.3, -0.25) is 0 Å². The average Bonchev–Trinajstić information content (AvgIpc) is 2.55. The molecule has 0 aliphatic heterocycles. The Morgan fingerprint density at radius 2 is 2.12 bits per heavy atom. The highest BCUT2D eigenvalue weighted by Gasteiger charge is 2.11. The first-order valence-corrected chi connectivity index (χ1v) is 5.04. The Bertz CT molecular complexity index is 568. The molecule has 0 amide bonds. The van der Waals surface area contributed by atoms with Gasteiger partial charge in [-0.05, 0) is 24.6 Å². The topological polar surface area (TPSA) is 51.9 Å². The van der Waals surface area contributed by atoms with Gasteiger partial charge in [-0.1, -0.05) is 12.1 Å². The van der Waals surface area contributed by atoms with Crippen molar-refractivity contribution in [1.82, 2.24) is 14.3 Å². The summed E-state index contributed by atoms with van der Waals surface area (Å²) in [6, 6.07) is 7.74. The quantitative estimate of drug-likeness (QED) is 0.815. The summed E-state index contributed by atoms with van der Waals surface area (Å²) in [7, 11) is 3.38. The summed E-state index contributed by atoms with van der Waals surface area (Å²) in [6.07, 6.45) is 0. The van der Waals surface area contributed by atoms with Crippen LogP contribution in [0.2, 0.25) is 0 Å². The number of benzene rings is 1. The third-order valence-corrected chi connectivity index (χ3v) is 2.41. The second-order valence-electron chi connectivity index (χ2n) is 3.65. The van der Waals surface area contributed by atoms with Gasteiger partial charge in [-0.2, -0.15) is 0 Å². The number of hydrogen-bond acceptors (Lipinski definition) is 3. The molecule has 5 heteroatoms. The van der Waals surface area contributed by atoms with Crippen LogP contribution >= 0.6 is 0 Å². The molecule has 0 unspecified atom stereocenters. The maximum atomic E-state index is 11.9. The molecule has 0 fully saturated rings. The molecule has 0 bridgehead atoms. The molecule has 84 valence electrons. The van der Waals surface area contributed by atoms with E-state index in [1.54, 1.807) is 18.7 Å². The van der Waals surface area contributed by atoms with Gasteiger partial charge in [0.05, 0.1) is 5.69 Å². The van der Waals surface area contributed by atoms with Gasteiger partial charge in [-0.25, -0.2) is 14.0 Å². The highest BCUT2D eigenvalue weighted by Crippen LogP contribution is 2.11. The first-order chi connectivity index (χ1) is 7.63. The molecule has 0 aliphatic carbocycles. The van der Waals surface area contributed by atoms with Crippen LogP contribution in [0.25, 0.3) is 5.69 Å². The van der Waals surface area contributed by atoms with Crippen LogP contribution in [0.15, 0.2) is 29.1 Å². The lowest BCUT2D eigenvalue weighted by Gasteiger charge is -2.05. The second-order valence-corrected chi connectivity index (χ2v) is 3.65. The number of nitrogens with one attached hydrogen (secondary N) is 1. The number of aromatic nitrogens is 3. The lowest BCUT2D eigenvalue weighted by molar-refractivity contribution is 0.726. The van der Waals surface area contributed by atoms with Crippen LogP contribution < -0.4 is 11.0 Å². The van der Waals surface area contributed by atoms with Gasteiger partial charge in [0.15, 0.2) is 0 Å². The Kier molecular flexibility index (Phi) is 2.52. The molecule has 16 heavy (non-hydrogen) atoms. The molecule has 0 spiro atoms. The van der Waals surface area contributed by atoms with Gasteiger partial charge in [0, 0.05) is 14.1 Å². The van der Waals surface area contributed by atoms with Crippen molar-refractivity contribution in [2.24, 2.45) is 7.05 Å². The number of anilines is 1. The van der Waals surface area contributed by atoms with E-state index < -0.39 is 0 Å². The standard InChI is InChI=1S/C11H14N4O/c1-8-5-4-6-9(7-8)15-10(12-2)13-14(3)11(15)16/h4-7H,1-3H3,(H,12,13). The third kappa shape index (κ3) is 1.60. The molecular formula is C11H14N4O. The van der Waals surface area contributed by atoms with Crippen LogP contribution in [0.4, 0.5) is 5.95 Å². The smallest absolute Gasteiger partial charge is 0.351 e. The summed E-state index contributed by atoms with van der Waals surface area (Å²) in [5.41, 5.74) is 1.77. The summed E-state index contributed by atoms with van der Waals surface area (Å²) in [4.78, 5) is 11.9. The Morgan fingerprint density at radius 1 is 1.38 bits per heavy atom. The van der Waals surface area contributed by atoms with E-state index in [-0.39, 0.29) is 5.69 Å². The Hall–Kier alpha value is -2.04. The summed E-state index contributed by atoms with van der Waals surface area (Å²) in [5, 5.41) is 7.00. The van der Waals surface area contributed by atoms with Crippen molar-refractivity contribution in [3.63, 3.8) is 0 Å². The monoisotopic (exact) mass is 218 g/mol. The van der Waals surface area contributed by atoms with Gasteiger partial charge in [0.1, 0.15) is 0 Å². The molecule has 0 aliphatic rings. The third-order valence-electron chi connectivity index (χ3n) is 2.41. The molecule has 1 heterocycles. The maximum Gasteiger partial charge on any atom is 0.351 e. The van der Waals surface area contributed by atoms with Crippen molar-refractivity contribution < 1.29 is 0 Å². The van der Waals surface area contributed by atoms with Crippen LogP contribution in [-0.2, 0) is 7.05 Å². The SMILES string of the molecule is CNc1nn(C)c(=O)n1-c1cccc(C)c1. The Balaban J connectivity index is 2.68. The minimum absolute atomic E-state index is 0.157. The van der Waals surface area contributed by atoms with Gasteiger partial charge in [0.2, 0.25) is 5.95 Å². The lowest BCUT2D eigenvalue weighted by atomic mass is 10.2. The fraction of sp³-hybridized carbons (Fsp3) is 0.273. The summed E-state index contributed by atoms with van der Waals surface area (Å²) in [6.45, 7) is 1.99. The molecule has 5 nitrogen and oxygen atoms in total. The first-order valence-electron chi connectivity index (χ1n) is 5.04. The first kappa shape index (κ1) is 10.5. The molecule has 0 saturated carbocycles. The summed E-state index contributed by atoms with van der Waals surface area (Å²) >= 11 is 0. The van der Waals surface area contributed by atoms with E-state index in [4.69, 9.17) is 0 Å². The number of rotatable bonds is 2. The van der Waals surface area contributed by atoms with Crippen LogP contribution in [-0.4, -0.2) is 21.4 Å². The number of nitrogens with zero attached hydrogens (tertiary/aromatic N) is 3. The fourth-order valence-electron chi connectivity index (χ4n) is 1.63. The molecular weight excluding hydrogens is 204 g/mol. The van der Waals surface area contributed by atoms with E-state index in [0.717, 1.165) is 11.3 Å². The van der Waals surface area contributed by atoms with Gasteiger partial charge in [0.25, 0.3) is 0 Å². The van der Waals surface area contributed by atoms with E-state index in [9.17, 15) is 4.79 Å². The highest BCUT2D eigenvalue weighted by atomic mass is 16.2. The average molecular weight is 218 g/mol. The number of aryl methyl sites for hydroxylation is 2. The molecule has 0 radical (unpaired) electrons. The van der Waals surface area contributed by atoms with Crippen molar-refractivity contribution >= 4 is 5.95 Å². The molecule has 1 aromatic carbocycles. The molecule has 0 saturated heterocycles. The zero-order chi connectivity index (χ0) is 11.7. The van der Waals surface area contributed by atoms with Gasteiger partial charge >= 0.3 is 5.69 Å². The Labute approximate surface area is 93.3 Å². The minimum atomic E-state index is -0.157. The van der Waals surface area contributed by atoms with Crippen LogP contribution in [0.1, 0.15) is 5.56 Å². The zero-order valence-corrected chi connectivity index (χ0v) is 9.56.